The van der Waals surface area contributed by atoms with Crippen molar-refractivity contribution in [2.75, 3.05) is 25.9 Å². The molecule has 12 heavy (non-hydrogen) atoms. The van der Waals surface area contributed by atoms with Gasteiger partial charge >= 0.3 is 0 Å². The molecule has 0 fully saturated rings. The summed E-state index contributed by atoms with van der Waals surface area (Å²) in [7, 11) is -3.05. The van der Waals surface area contributed by atoms with Crippen LogP contribution in [0.15, 0.2) is 0 Å². The van der Waals surface area contributed by atoms with Crippen LogP contribution in [-0.2, 0) is 10.0 Å². The molecule has 0 radical (unpaired) electrons. The molecule has 0 bridgehead atoms. The van der Waals surface area contributed by atoms with Gasteiger partial charge in [0.1, 0.15) is 0 Å². The van der Waals surface area contributed by atoms with E-state index in [0.717, 1.165) is 6.26 Å². The molecule has 1 atom stereocenters. The van der Waals surface area contributed by atoms with Crippen molar-refractivity contribution in [2.24, 2.45) is 5.73 Å². The molecule has 5 nitrogen and oxygen atoms in total. The molecule has 74 valence electrons. The van der Waals surface area contributed by atoms with Gasteiger partial charge in [-0.2, -0.15) is 0 Å². The molecule has 1 unspecified atom stereocenters. The lowest BCUT2D eigenvalue weighted by atomic mass is 10.3. The molecule has 4 N–H and O–H groups in total. The van der Waals surface area contributed by atoms with Gasteiger partial charge in [-0.05, 0) is 6.92 Å². The number of nitrogens with one attached hydrogen (secondary N) is 2. The Hall–Kier alpha value is -0.170. The molecule has 0 amide bonds. The first-order valence-corrected chi connectivity index (χ1v) is 5.73. The first-order chi connectivity index (χ1) is 5.45. The summed E-state index contributed by atoms with van der Waals surface area (Å²) in [6, 6.07) is 0.228. The maximum atomic E-state index is 10.6. The van der Waals surface area contributed by atoms with Crippen LogP contribution in [-0.4, -0.2) is 40.3 Å². The van der Waals surface area contributed by atoms with E-state index in [1.54, 1.807) is 0 Å². The maximum absolute atomic E-state index is 10.6. The number of sulfonamides is 1. The molecule has 0 aliphatic heterocycles. The maximum Gasteiger partial charge on any atom is 0.208 e. The van der Waals surface area contributed by atoms with Crippen LogP contribution in [0.1, 0.15) is 6.92 Å². The van der Waals surface area contributed by atoms with Crippen molar-refractivity contribution in [3.8, 4) is 0 Å². The van der Waals surface area contributed by atoms with E-state index in [4.69, 9.17) is 5.73 Å². The van der Waals surface area contributed by atoms with Crippen LogP contribution in [0.2, 0.25) is 0 Å². The third kappa shape index (κ3) is 7.93. The second-order valence-electron chi connectivity index (χ2n) is 2.76. The summed E-state index contributed by atoms with van der Waals surface area (Å²) in [6.45, 7) is 3.51. The van der Waals surface area contributed by atoms with Crippen molar-refractivity contribution in [3.05, 3.63) is 0 Å². The summed E-state index contributed by atoms with van der Waals surface area (Å²) in [5.41, 5.74) is 5.34. The van der Waals surface area contributed by atoms with Gasteiger partial charge in [0.2, 0.25) is 10.0 Å². The Morgan fingerprint density at radius 1 is 1.42 bits per heavy atom. The van der Waals surface area contributed by atoms with E-state index in [9.17, 15) is 8.42 Å². The van der Waals surface area contributed by atoms with E-state index in [1.165, 1.54) is 0 Å². The van der Waals surface area contributed by atoms with Gasteiger partial charge < -0.3 is 11.1 Å². The highest BCUT2D eigenvalue weighted by atomic mass is 32.2. The van der Waals surface area contributed by atoms with Gasteiger partial charge in [0.15, 0.2) is 0 Å². The van der Waals surface area contributed by atoms with Crippen LogP contribution < -0.4 is 15.8 Å². The van der Waals surface area contributed by atoms with Gasteiger partial charge in [0.05, 0.1) is 6.26 Å². The van der Waals surface area contributed by atoms with Crippen LogP contribution in [0, 0.1) is 0 Å². The molecule has 0 aromatic carbocycles. The molecule has 0 saturated carbocycles. The lowest BCUT2D eigenvalue weighted by Crippen LogP contribution is -2.38. The zero-order valence-electron chi connectivity index (χ0n) is 7.50. The predicted molar refractivity (Wildman–Crippen MR) is 49.4 cm³/mol. The third-order valence-corrected chi connectivity index (χ3v) is 2.06. The van der Waals surface area contributed by atoms with Gasteiger partial charge in [-0.25, -0.2) is 13.1 Å². The lowest BCUT2D eigenvalue weighted by molar-refractivity contribution is 0.546. The number of hydrogen-bond acceptors (Lipinski definition) is 4. The summed E-state index contributed by atoms with van der Waals surface area (Å²) >= 11 is 0. The second kappa shape index (κ2) is 5.47. The molecule has 0 aromatic heterocycles. The van der Waals surface area contributed by atoms with Gasteiger partial charge in [0.25, 0.3) is 0 Å². The van der Waals surface area contributed by atoms with Crippen molar-refractivity contribution in [2.45, 2.75) is 13.0 Å². The Labute approximate surface area is 73.8 Å². The Balaban J connectivity index is 3.34. The average molecular weight is 195 g/mol. The van der Waals surface area contributed by atoms with E-state index in [2.05, 4.69) is 10.0 Å². The summed E-state index contributed by atoms with van der Waals surface area (Å²) in [5.74, 6) is 0. The highest BCUT2D eigenvalue weighted by molar-refractivity contribution is 7.88. The van der Waals surface area contributed by atoms with Crippen LogP contribution in [0.4, 0.5) is 0 Å². The summed E-state index contributed by atoms with van der Waals surface area (Å²) < 4.78 is 23.5. The van der Waals surface area contributed by atoms with Crippen molar-refractivity contribution in [1.82, 2.24) is 10.0 Å². The normalized spacial score (nSPS) is 14.6. The van der Waals surface area contributed by atoms with E-state index >= 15 is 0 Å². The molecule has 6 heteroatoms. The van der Waals surface area contributed by atoms with E-state index in [1.807, 2.05) is 6.92 Å². The molecular weight excluding hydrogens is 178 g/mol. The smallest absolute Gasteiger partial charge is 0.208 e. The van der Waals surface area contributed by atoms with E-state index in [0.29, 0.717) is 19.6 Å². The largest absolute Gasteiger partial charge is 0.329 e. The highest BCUT2D eigenvalue weighted by Crippen LogP contribution is 1.75. The first kappa shape index (κ1) is 11.8. The fourth-order valence-corrected chi connectivity index (χ4v) is 1.11. The minimum absolute atomic E-state index is 0.228. The topological polar surface area (TPSA) is 84.2 Å². The summed E-state index contributed by atoms with van der Waals surface area (Å²) in [6.07, 6.45) is 1.14. The minimum Gasteiger partial charge on any atom is -0.329 e. The van der Waals surface area contributed by atoms with Gasteiger partial charge in [0, 0.05) is 25.7 Å². The van der Waals surface area contributed by atoms with Crippen molar-refractivity contribution in [1.29, 1.82) is 0 Å². The fraction of sp³-hybridized carbons (Fsp3) is 1.00. The number of hydrogen-bond donors (Lipinski definition) is 3. The lowest BCUT2D eigenvalue weighted by Gasteiger charge is -2.10. The van der Waals surface area contributed by atoms with Gasteiger partial charge in [-0.1, -0.05) is 0 Å². The fourth-order valence-electron chi connectivity index (χ4n) is 0.638. The highest BCUT2D eigenvalue weighted by Gasteiger charge is 2.00. The van der Waals surface area contributed by atoms with Crippen molar-refractivity contribution < 1.29 is 8.42 Å². The Kier molecular flexibility index (Phi) is 5.39. The van der Waals surface area contributed by atoms with E-state index < -0.39 is 10.0 Å². The minimum atomic E-state index is -3.05. The monoisotopic (exact) mass is 195 g/mol. The molecule has 0 aliphatic rings. The SMILES string of the molecule is CC(CN)NCCNS(C)(=O)=O. The number of nitrogens with two attached hydrogens (primary N) is 1. The Bertz CT molecular complexity index is 203. The van der Waals surface area contributed by atoms with Crippen LogP contribution in [0.25, 0.3) is 0 Å². The molecule has 0 aromatic rings. The quantitative estimate of drug-likeness (QED) is 0.449. The summed E-state index contributed by atoms with van der Waals surface area (Å²) in [4.78, 5) is 0. The molecular formula is C6H17N3O2S. The van der Waals surface area contributed by atoms with Crippen LogP contribution in [0.5, 0.6) is 0 Å². The average Bonchev–Trinajstić information content (AvgIpc) is 1.96. The van der Waals surface area contributed by atoms with Gasteiger partial charge in [-0.3, -0.25) is 0 Å². The standard InChI is InChI=1S/C6H17N3O2S/c1-6(5-7)8-3-4-9-12(2,10)11/h6,8-9H,3-5,7H2,1-2H3. The number of rotatable bonds is 6. The second-order valence-corrected chi connectivity index (χ2v) is 4.59. The predicted octanol–water partition coefficient (Wildman–Crippen LogP) is -1.53. The molecule has 0 aliphatic carbocycles. The summed E-state index contributed by atoms with van der Waals surface area (Å²) in [5, 5.41) is 3.05. The zero-order valence-corrected chi connectivity index (χ0v) is 8.32. The molecule has 0 spiro atoms. The van der Waals surface area contributed by atoms with Crippen molar-refractivity contribution in [3.63, 3.8) is 0 Å². The van der Waals surface area contributed by atoms with Crippen molar-refractivity contribution >= 4 is 10.0 Å². The molecule has 0 rings (SSSR count). The zero-order chi connectivity index (χ0) is 9.61. The molecule has 0 saturated heterocycles. The first-order valence-electron chi connectivity index (χ1n) is 3.84. The van der Waals surface area contributed by atoms with E-state index in [-0.39, 0.29) is 6.04 Å². The van der Waals surface area contributed by atoms with Crippen LogP contribution in [0.3, 0.4) is 0 Å². The third-order valence-electron chi connectivity index (χ3n) is 1.34. The van der Waals surface area contributed by atoms with Gasteiger partial charge in [-0.15, -0.1) is 0 Å². The Morgan fingerprint density at radius 3 is 2.42 bits per heavy atom. The molecule has 0 heterocycles. The van der Waals surface area contributed by atoms with Crippen LogP contribution >= 0.6 is 0 Å². The Morgan fingerprint density at radius 2 is 2.00 bits per heavy atom.